The van der Waals surface area contributed by atoms with Gasteiger partial charge in [-0.3, -0.25) is 4.79 Å². The number of halogens is 1. The molecule has 0 aliphatic heterocycles. The van der Waals surface area contributed by atoms with Crippen LogP contribution in [-0.4, -0.2) is 40.8 Å². The largest absolute Gasteiger partial charge is 0.383 e. The summed E-state index contributed by atoms with van der Waals surface area (Å²) in [5.41, 5.74) is 3.98. The van der Waals surface area contributed by atoms with Gasteiger partial charge < -0.3 is 15.4 Å². The van der Waals surface area contributed by atoms with Gasteiger partial charge in [-0.2, -0.15) is 4.98 Å². The van der Waals surface area contributed by atoms with Crippen LogP contribution in [0.4, 0.5) is 11.6 Å². The molecule has 2 N–H and O–H groups in total. The number of nitrogens with one attached hydrogen (secondary N) is 2. The zero-order chi connectivity index (χ0) is 20.9. The van der Waals surface area contributed by atoms with E-state index in [1.807, 2.05) is 54.6 Å². The maximum absolute atomic E-state index is 12.1. The molecule has 0 spiro atoms. The molecule has 2 aromatic carbocycles. The molecule has 4 aromatic rings. The number of ether oxygens (including phenoxy) is 1. The average molecular weight is 422 g/mol. The number of fused-ring (bicyclic) bond motifs is 1. The predicted octanol–water partition coefficient (Wildman–Crippen LogP) is 4.17. The molecule has 8 heteroatoms. The number of carbonyl (C=O) groups excluding carboxylic acids is 1. The zero-order valence-electron chi connectivity index (χ0n) is 16.3. The lowest BCUT2D eigenvalue weighted by molar-refractivity contribution is 0.0937. The molecule has 2 heterocycles. The van der Waals surface area contributed by atoms with Gasteiger partial charge in [-0.15, -0.1) is 5.10 Å². The van der Waals surface area contributed by atoms with Gasteiger partial charge in [0.05, 0.1) is 12.3 Å². The van der Waals surface area contributed by atoms with E-state index < -0.39 is 0 Å². The van der Waals surface area contributed by atoms with Crippen molar-refractivity contribution < 1.29 is 9.53 Å². The van der Waals surface area contributed by atoms with Crippen LogP contribution in [0.25, 0.3) is 16.9 Å². The van der Waals surface area contributed by atoms with Crippen molar-refractivity contribution in [3.8, 4) is 11.3 Å². The molecule has 0 aliphatic rings. The lowest BCUT2D eigenvalue weighted by Crippen LogP contribution is -2.26. The van der Waals surface area contributed by atoms with E-state index >= 15 is 0 Å². The van der Waals surface area contributed by atoms with Gasteiger partial charge in [0.25, 0.3) is 5.91 Å². The first-order valence-corrected chi connectivity index (χ1v) is 9.78. The Hall–Kier alpha value is -3.42. The lowest BCUT2D eigenvalue weighted by Gasteiger charge is -2.06. The van der Waals surface area contributed by atoms with E-state index in [2.05, 4.69) is 20.7 Å². The van der Waals surface area contributed by atoms with Gasteiger partial charge in [0.15, 0.2) is 5.65 Å². The number of methoxy groups -OCH3 is 1. The molecule has 0 atom stereocenters. The van der Waals surface area contributed by atoms with Crippen LogP contribution >= 0.6 is 11.6 Å². The van der Waals surface area contributed by atoms with Crippen molar-refractivity contribution in [3.05, 3.63) is 77.3 Å². The third kappa shape index (κ3) is 4.42. The first kappa shape index (κ1) is 19.9. The normalized spacial score (nSPS) is 10.9. The number of benzene rings is 2. The number of rotatable bonds is 7. The monoisotopic (exact) mass is 421 g/mol. The Morgan fingerprint density at radius 2 is 1.83 bits per heavy atom. The highest BCUT2D eigenvalue weighted by molar-refractivity contribution is 6.30. The van der Waals surface area contributed by atoms with Crippen molar-refractivity contribution in [2.45, 2.75) is 0 Å². The van der Waals surface area contributed by atoms with Crippen molar-refractivity contribution in [1.82, 2.24) is 19.9 Å². The Labute approximate surface area is 178 Å². The van der Waals surface area contributed by atoms with Crippen LogP contribution < -0.4 is 10.6 Å². The van der Waals surface area contributed by atoms with Gasteiger partial charge in [0, 0.05) is 35.5 Å². The topological polar surface area (TPSA) is 80.5 Å². The quantitative estimate of drug-likeness (QED) is 0.438. The highest BCUT2D eigenvalue weighted by Crippen LogP contribution is 2.23. The maximum atomic E-state index is 12.1. The minimum Gasteiger partial charge on any atom is -0.383 e. The molecular formula is C22H20ClN5O2. The van der Waals surface area contributed by atoms with Gasteiger partial charge in [0.2, 0.25) is 5.95 Å². The van der Waals surface area contributed by atoms with Crippen molar-refractivity contribution in [2.24, 2.45) is 0 Å². The van der Waals surface area contributed by atoms with Crippen LogP contribution in [0.3, 0.4) is 0 Å². The van der Waals surface area contributed by atoms with Crippen molar-refractivity contribution in [3.63, 3.8) is 0 Å². The van der Waals surface area contributed by atoms with E-state index in [9.17, 15) is 4.79 Å². The van der Waals surface area contributed by atoms with Gasteiger partial charge in [-0.1, -0.05) is 29.8 Å². The number of carbonyl (C=O) groups is 1. The fraction of sp³-hybridized carbons (Fsp3) is 0.136. The van der Waals surface area contributed by atoms with Crippen LogP contribution in [0, 0.1) is 0 Å². The molecule has 0 bridgehead atoms. The van der Waals surface area contributed by atoms with E-state index in [1.54, 1.807) is 23.8 Å². The van der Waals surface area contributed by atoms with Crippen LogP contribution in [0.2, 0.25) is 5.02 Å². The molecule has 0 fully saturated rings. The summed E-state index contributed by atoms with van der Waals surface area (Å²) in [6, 6.07) is 20.5. The Balaban J connectivity index is 1.52. The van der Waals surface area contributed by atoms with E-state index in [4.69, 9.17) is 16.3 Å². The number of anilines is 2. The van der Waals surface area contributed by atoms with Crippen LogP contribution in [0.5, 0.6) is 0 Å². The molecular weight excluding hydrogens is 402 g/mol. The minimum atomic E-state index is -0.142. The first-order valence-electron chi connectivity index (χ1n) is 9.40. The molecule has 152 valence electrons. The Morgan fingerprint density at radius 3 is 2.57 bits per heavy atom. The van der Waals surface area contributed by atoms with Gasteiger partial charge in [0.1, 0.15) is 0 Å². The number of aromatic nitrogens is 3. The summed E-state index contributed by atoms with van der Waals surface area (Å²) in [6.45, 7) is 0.944. The summed E-state index contributed by atoms with van der Waals surface area (Å²) in [7, 11) is 1.60. The maximum Gasteiger partial charge on any atom is 0.251 e. The molecule has 0 saturated heterocycles. The second kappa shape index (κ2) is 8.94. The highest BCUT2D eigenvalue weighted by Gasteiger charge is 2.10. The van der Waals surface area contributed by atoms with E-state index in [1.165, 1.54) is 0 Å². The molecule has 7 nitrogen and oxygen atoms in total. The smallest absolute Gasteiger partial charge is 0.251 e. The van der Waals surface area contributed by atoms with Crippen LogP contribution in [-0.2, 0) is 4.74 Å². The summed E-state index contributed by atoms with van der Waals surface area (Å²) >= 11 is 6.00. The summed E-state index contributed by atoms with van der Waals surface area (Å²) in [5.74, 6) is 0.325. The van der Waals surface area contributed by atoms with E-state index in [0.717, 1.165) is 22.6 Å². The molecule has 0 aliphatic carbocycles. The van der Waals surface area contributed by atoms with Crippen LogP contribution in [0.1, 0.15) is 10.4 Å². The molecule has 30 heavy (non-hydrogen) atoms. The Bertz CT molecular complexity index is 1160. The average Bonchev–Trinajstić information content (AvgIpc) is 3.17. The Morgan fingerprint density at radius 1 is 1.07 bits per heavy atom. The van der Waals surface area contributed by atoms with Gasteiger partial charge >= 0.3 is 0 Å². The Kier molecular flexibility index (Phi) is 5.92. The van der Waals surface area contributed by atoms with Gasteiger partial charge in [-0.25, -0.2) is 4.52 Å². The first-order chi connectivity index (χ1) is 14.6. The zero-order valence-corrected chi connectivity index (χ0v) is 17.1. The molecule has 4 rings (SSSR count). The van der Waals surface area contributed by atoms with Crippen molar-refractivity contribution in [2.75, 3.05) is 25.6 Å². The molecule has 1 amide bonds. The lowest BCUT2D eigenvalue weighted by atomic mass is 10.1. The van der Waals surface area contributed by atoms with Gasteiger partial charge in [-0.05, 0) is 48.5 Å². The standard InChI is InChI=1S/C22H20ClN5O2/c1-30-14-13-24-21(29)16-7-11-18(12-8-16)25-22-26-20-4-2-3-19(28(20)27-22)15-5-9-17(23)10-6-15/h2-12H,13-14H2,1H3,(H,24,29)(H,25,27). The van der Waals surface area contributed by atoms with E-state index in [0.29, 0.717) is 29.7 Å². The molecule has 0 unspecified atom stereocenters. The van der Waals surface area contributed by atoms with Crippen molar-refractivity contribution in [1.29, 1.82) is 0 Å². The fourth-order valence-electron chi connectivity index (χ4n) is 3.00. The van der Waals surface area contributed by atoms with E-state index in [-0.39, 0.29) is 5.91 Å². The number of pyridine rings is 1. The third-order valence-electron chi connectivity index (χ3n) is 4.49. The SMILES string of the molecule is COCCNC(=O)c1ccc(Nc2nc3cccc(-c4ccc(Cl)cc4)n3n2)cc1. The summed E-state index contributed by atoms with van der Waals surface area (Å²) < 4.78 is 6.71. The summed E-state index contributed by atoms with van der Waals surface area (Å²) in [4.78, 5) is 16.6. The minimum absolute atomic E-state index is 0.142. The molecule has 2 aromatic heterocycles. The predicted molar refractivity (Wildman–Crippen MR) is 117 cm³/mol. The highest BCUT2D eigenvalue weighted by atomic mass is 35.5. The second-order valence-electron chi connectivity index (χ2n) is 6.57. The second-order valence-corrected chi connectivity index (χ2v) is 7.01. The summed E-state index contributed by atoms with van der Waals surface area (Å²) in [5, 5.41) is 11.2. The number of nitrogens with zero attached hydrogens (tertiary/aromatic N) is 3. The third-order valence-corrected chi connectivity index (χ3v) is 4.75. The number of amides is 1. The fourth-order valence-corrected chi connectivity index (χ4v) is 3.13. The molecule has 0 saturated carbocycles. The number of hydrogen-bond donors (Lipinski definition) is 2. The summed E-state index contributed by atoms with van der Waals surface area (Å²) in [6.07, 6.45) is 0. The molecule has 0 radical (unpaired) electrons. The van der Waals surface area contributed by atoms with Crippen molar-refractivity contribution >= 4 is 34.8 Å². The number of hydrogen-bond acceptors (Lipinski definition) is 5. The van der Waals surface area contributed by atoms with Crippen LogP contribution in [0.15, 0.2) is 66.7 Å².